The van der Waals surface area contributed by atoms with Crippen LogP contribution in [0.5, 0.6) is 0 Å². The minimum absolute atomic E-state index is 0.0771. The Bertz CT molecular complexity index is 661. The lowest BCUT2D eigenvalue weighted by Gasteiger charge is -2.30. The number of aliphatic hydroxyl groups is 1. The first-order valence-electron chi connectivity index (χ1n) is 7.95. The van der Waals surface area contributed by atoms with E-state index >= 15 is 0 Å². The quantitative estimate of drug-likeness (QED) is 0.645. The smallest absolute Gasteiger partial charge is 0.337 e. The molecule has 0 aromatic heterocycles. The van der Waals surface area contributed by atoms with E-state index in [2.05, 4.69) is 10.6 Å². The van der Waals surface area contributed by atoms with Gasteiger partial charge in [-0.1, -0.05) is 0 Å². The molecule has 2 amide bonds. The molecule has 9 heteroatoms. The zero-order chi connectivity index (χ0) is 18.6. The number of carbonyl (C=O) groups is 2. The largest absolute Gasteiger partial charge is 0.479 e. The Morgan fingerprint density at radius 2 is 1.80 bits per heavy atom. The average molecular weight is 357 g/mol. The van der Waals surface area contributed by atoms with Gasteiger partial charge in [0.1, 0.15) is 0 Å². The molecule has 1 aromatic rings. The molecule has 1 atom stereocenters. The van der Waals surface area contributed by atoms with Crippen molar-refractivity contribution in [3.05, 3.63) is 23.8 Å². The first-order chi connectivity index (χ1) is 11.7. The van der Waals surface area contributed by atoms with Gasteiger partial charge in [0.05, 0.1) is 17.9 Å². The Labute approximate surface area is 143 Å². The summed E-state index contributed by atoms with van der Waals surface area (Å²) in [5, 5.41) is 23.0. The lowest BCUT2D eigenvalue weighted by Crippen LogP contribution is -2.47. The van der Waals surface area contributed by atoms with Gasteiger partial charge in [0.2, 0.25) is 0 Å². The van der Waals surface area contributed by atoms with Crippen LogP contribution in [0.3, 0.4) is 0 Å². The molecule has 1 aliphatic rings. The van der Waals surface area contributed by atoms with Crippen LogP contribution in [0.1, 0.15) is 26.2 Å². The van der Waals surface area contributed by atoms with Gasteiger partial charge in [0.25, 0.3) is 0 Å². The number of carboxylic acid groups (broad SMARTS) is 1. The Morgan fingerprint density at radius 1 is 1.20 bits per heavy atom. The van der Waals surface area contributed by atoms with Crippen LogP contribution in [0.2, 0.25) is 0 Å². The average Bonchev–Trinajstić information content (AvgIpc) is 2.57. The first kappa shape index (κ1) is 18.9. The number of nitrogens with one attached hydrogen (secondary N) is 2. The van der Waals surface area contributed by atoms with Crippen molar-refractivity contribution in [1.29, 1.82) is 0 Å². The third-order valence-corrected chi connectivity index (χ3v) is 4.04. The van der Waals surface area contributed by atoms with E-state index in [4.69, 9.17) is 5.11 Å². The van der Waals surface area contributed by atoms with Crippen LogP contribution in [-0.2, 0) is 4.79 Å². The highest BCUT2D eigenvalue weighted by atomic mass is 19.2. The maximum absolute atomic E-state index is 13.6. The van der Waals surface area contributed by atoms with Crippen LogP contribution >= 0.6 is 0 Å². The number of halogens is 2. The lowest BCUT2D eigenvalue weighted by atomic mass is 10.1. The van der Waals surface area contributed by atoms with E-state index in [1.165, 1.54) is 0 Å². The van der Waals surface area contributed by atoms with Gasteiger partial charge in [-0.25, -0.2) is 18.4 Å². The first-order valence-corrected chi connectivity index (χ1v) is 7.95. The standard InChI is InChI=1S/C16H21F2N3O4/c1-16(25,14(22)23)9-19-15(24)20-12-7-10(17)11(18)8-13(12)21-5-3-2-4-6-21/h7-8,25H,2-6,9H2,1H3,(H,22,23)(H2,19,20,24). The van der Waals surface area contributed by atoms with Gasteiger partial charge in [0.15, 0.2) is 17.2 Å². The summed E-state index contributed by atoms with van der Waals surface area (Å²) in [4.78, 5) is 24.6. The van der Waals surface area contributed by atoms with E-state index in [9.17, 15) is 23.5 Å². The van der Waals surface area contributed by atoms with Gasteiger partial charge in [-0.3, -0.25) is 0 Å². The molecule has 1 saturated heterocycles. The van der Waals surface area contributed by atoms with E-state index in [1.807, 2.05) is 4.90 Å². The SMILES string of the molecule is CC(O)(CNC(=O)Nc1cc(F)c(F)cc1N1CCCCC1)C(=O)O. The van der Waals surface area contributed by atoms with Gasteiger partial charge < -0.3 is 25.7 Å². The van der Waals surface area contributed by atoms with Gasteiger partial charge in [-0.05, 0) is 26.2 Å². The molecule has 0 bridgehead atoms. The summed E-state index contributed by atoms with van der Waals surface area (Å²) in [7, 11) is 0. The number of rotatable bonds is 5. The highest BCUT2D eigenvalue weighted by Gasteiger charge is 2.30. The van der Waals surface area contributed by atoms with E-state index in [0.717, 1.165) is 38.3 Å². The topological polar surface area (TPSA) is 102 Å². The van der Waals surface area contributed by atoms with E-state index in [0.29, 0.717) is 18.8 Å². The second kappa shape index (κ2) is 7.64. The Morgan fingerprint density at radius 3 is 2.40 bits per heavy atom. The molecule has 0 radical (unpaired) electrons. The van der Waals surface area contributed by atoms with Crippen LogP contribution in [-0.4, -0.2) is 47.4 Å². The second-order valence-electron chi connectivity index (χ2n) is 6.22. The summed E-state index contributed by atoms with van der Waals surface area (Å²) in [6.45, 7) is 1.81. The van der Waals surface area contributed by atoms with Crippen LogP contribution in [0.4, 0.5) is 25.0 Å². The Hall–Kier alpha value is -2.42. The summed E-state index contributed by atoms with van der Waals surface area (Å²) >= 11 is 0. The summed E-state index contributed by atoms with van der Waals surface area (Å²) in [6, 6.07) is 1.09. The fraction of sp³-hybridized carbons (Fsp3) is 0.500. The van der Waals surface area contributed by atoms with Crippen LogP contribution in [0.25, 0.3) is 0 Å². The number of carboxylic acids is 1. The number of aliphatic carboxylic acids is 1. The van der Waals surface area contributed by atoms with Gasteiger partial charge in [0, 0.05) is 25.2 Å². The molecule has 1 aromatic carbocycles. The van der Waals surface area contributed by atoms with Crippen molar-refractivity contribution in [3.8, 4) is 0 Å². The van der Waals surface area contributed by atoms with Crippen molar-refractivity contribution >= 4 is 23.4 Å². The molecular weight excluding hydrogens is 336 g/mol. The molecule has 1 fully saturated rings. The normalized spacial score (nSPS) is 16.9. The summed E-state index contributed by atoms with van der Waals surface area (Å²) < 4.78 is 27.2. The molecule has 1 aliphatic heterocycles. The molecule has 0 aliphatic carbocycles. The third-order valence-electron chi connectivity index (χ3n) is 4.04. The van der Waals surface area contributed by atoms with Crippen molar-refractivity contribution in [2.75, 3.05) is 29.9 Å². The Balaban J connectivity index is 2.13. The fourth-order valence-electron chi connectivity index (χ4n) is 2.53. The molecule has 25 heavy (non-hydrogen) atoms. The van der Waals surface area contributed by atoms with Crippen molar-refractivity contribution < 1.29 is 28.6 Å². The number of amides is 2. The monoisotopic (exact) mass is 357 g/mol. The fourth-order valence-corrected chi connectivity index (χ4v) is 2.53. The Kier molecular flexibility index (Phi) is 5.78. The van der Waals surface area contributed by atoms with Crippen molar-refractivity contribution in [2.45, 2.75) is 31.8 Å². The minimum atomic E-state index is -2.14. The van der Waals surface area contributed by atoms with Crippen molar-refractivity contribution in [3.63, 3.8) is 0 Å². The predicted octanol–water partition coefficient (Wildman–Crippen LogP) is 1.91. The summed E-state index contributed by atoms with van der Waals surface area (Å²) in [6.07, 6.45) is 2.87. The molecule has 138 valence electrons. The molecule has 7 nitrogen and oxygen atoms in total. The molecule has 4 N–H and O–H groups in total. The van der Waals surface area contributed by atoms with Crippen LogP contribution in [0.15, 0.2) is 12.1 Å². The van der Waals surface area contributed by atoms with Crippen LogP contribution in [0, 0.1) is 11.6 Å². The van der Waals surface area contributed by atoms with Gasteiger partial charge in [-0.15, -0.1) is 0 Å². The number of anilines is 2. The van der Waals surface area contributed by atoms with E-state index in [1.54, 1.807) is 0 Å². The predicted molar refractivity (Wildman–Crippen MR) is 87.7 cm³/mol. The molecule has 1 heterocycles. The van der Waals surface area contributed by atoms with Crippen LogP contribution < -0.4 is 15.5 Å². The minimum Gasteiger partial charge on any atom is -0.479 e. The molecular formula is C16H21F2N3O4. The molecule has 1 unspecified atom stereocenters. The van der Waals surface area contributed by atoms with Gasteiger partial charge >= 0.3 is 12.0 Å². The molecule has 0 spiro atoms. The molecule has 2 rings (SSSR count). The number of carbonyl (C=O) groups excluding carboxylic acids is 1. The van der Waals surface area contributed by atoms with Gasteiger partial charge in [-0.2, -0.15) is 0 Å². The number of hydrogen-bond donors (Lipinski definition) is 4. The zero-order valence-corrected chi connectivity index (χ0v) is 13.8. The number of urea groups is 1. The van der Waals surface area contributed by atoms with Crippen molar-refractivity contribution in [1.82, 2.24) is 5.32 Å². The number of piperidine rings is 1. The van der Waals surface area contributed by atoms with E-state index in [-0.39, 0.29) is 5.69 Å². The second-order valence-corrected chi connectivity index (χ2v) is 6.22. The summed E-state index contributed by atoms with van der Waals surface area (Å²) in [5.41, 5.74) is -1.70. The number of benzene rings is 1. The maximum Gasteiger partial charge on any atom is 0.337 e. The highest BCUT2D eigenvalue weighted by Crippen LogP contribution is 2.30. The lowest BCUT2D eigenvalue weighted by molar-refractivity contribution is -0.155. The van der Waals surface area contributed by atoms with E-state index < -0.39 is 35.8 Å². The number of nitrogens with zero attached hydrogens (tertiary/aromatic N) is 1. The summed E-state index contributed by atoms with van der Waals surface area (Å²) in [5.74, 6) is -3.61. The highest BCUT2D eigenvalue weighted by molar-refractivity contribution is 5.93. The number of hydrogen-bond acceptors (Lipinski definition) is 4. The van der Waals surface area contributed by atoms with Crippen molar-refractivity contribution in [2.24, 2.45) is 0 Å². The third kappa shape index (κ3) is 4.79. The zero-order valence-electron chi connectivity index (χ0n) is 13.8. The molecule has 0 saturated carbocycles. The maximum atomic E-state index is 13.6.